The molecule has 4 rings (SSSR count). The van der Waals surface area contributed by atoms with E-state index in [2.05, 4.69) is 26.5 Å². The van der Waals surface area contributed by atoms with Crippen LogP contribution in [0, 0.1) is 35.3 Å². The minimum atomic E-state index is -2.68. The molecule has 0 saturated carbocycles. The summed E-state index contributed by atoms with van der Waals surface area (Å²) in [6.45, 7) is 4.51. The number of rotatable bonds is 7. The van der Waals surface area contributed by atoms with Gasteiger partial charge in [-0.15, -0.1) is 5.10 Å². The second-order valence-corrected chi connectivity index (χ2v) is 8.43. The normalized spacial score (nSPS) is 12.0. The molecule has 1 aromatic carbocycles. The zero-order chi connectivity index (χ0) is 24.8. The van der Waals surface area contributed by atoms with E-state index in [4.69, 9.17) is 4.74 Å². The highest BCUT2D eigenvalue weighted by Crippen LogP contribution is 2.36. The van der Waals surface area contributed by atoms with Gasteiger partial charge in [0.1, 0.15) is 16.9 Å². The first kappa shape index (κ1) is 23.3. The van der Waals surface area contributed by atoms with E-state index in [0.717, 1.165) is 12.3 Å². The first-order valence-electron chi connectivity index (χ1n) is 10.3. The summed E-state index contributed by atoms with van der Waals surface area (Å²) in [5.74, 6) is -1.20. The Balaban J connectivity index is 1.88. The van der Waals surface area contributed by atoms with Crippen molar-refractivity contribution in [1.82, 2.24) is 24.1 Å². The van der Waals surface area contributed by atoms with Crippen molar-refractivity contribution in [2.45, 2.75) is 33.7 Å². The lowest BCUT2D eigenvalue weighted by molar-refractivity contribution is 0.127. The largest absolute Gasteiger partial charge is 0.479 e. The molecule has 0 atom stereocenters. The quantitative estimate of drug-likeness (QED) is 0.394. The van der Waals surface area contributed by atoms with Crippen LogP contribution in [0.3, 0.4) is 0 Å². The van der Waals surface area contributed by atoms with Crippen LogP contribution in [-0.4, -0.2) is 44.2 Å². The zero-order valence-corrected chi connectivity index (χ0v) is 18.8. The van der Waals surface area contributed by atoms with Gasteiger partial charge in [0, 0.05) is 6.54 Å². The Labute approximate surface area is 191 Å². The van der Waals surface area contributed by atoms with Crippen LogP contribution in [-0.2, 0) is 6.54 Å². The maximum absolute atomic E-state index is 15.1. The number of benzene rings is 1. The molecule has 0 aliphatic heterocycles. The van der Waals surface area contributed by atoms with E-state index in [0.29, 0.717) is 0 Å². The first-order valence-corrected chi connectivity index (χ1v) is 10.3. The number of ether oxygens (including phenoxy) is 1. The van der Waals surface area contributed by atoms with E-state index in [1.165, 1.54) is 29.2 Å². The number of anilines is 1. The van der Waals surface area contributed by atoms with Gasteiger partial charge in [0.05, 0.1) is 42.4 Å². The van der Waals surface area contributed by atoms with Gasteiger partial charge in [-0.3, -0.25) is 0 Å². The highest BCUT2D eigenvalue weighted by molar-refractivity contribution is 5.90. The molecule has 3 heterocycles. The Bertz CT molecular complexity index is 1440. The average Bonchev–Trinajstić information content (AvgIpc) is 3.27. The van der Waals surface area contributed by atoms with Gasteiger partial charge in [-0.05, 0) is 38.5 Å². The molecule has 178 valence electrons. The van der Waals surface area contributed by atoms with Crippen LogP contribution in [0.25, 0.3) is 27.7 Å². The number of hydrogen-bond acceptors (Lipinski definition) is 6. The number of nitrogens with zero attached hydrogens (tertiary/aromatic N) is 6. The van der Waals surface area contributed by atoms with Crippen LogP contribution in [0.4, 0.5) is 23.5 Å². The number of nitriles is 1. The Morgan fingerprint density at radius 1 is 1.21 bits per heavy atom. The maximum atomic E-state index is 15.1. The number of alkyl halides is 2. The molecule has 0 fully saturated rings. The van der Waals surface area contributed by atoms with Crippen LogP contribution >= 0.6 is 0 Å². The van der Waals surface area contributed by atoms with Gasteiger partial charge in [0.15, 0.2) is 11.6 Å². The minimum Gasteiger partial charge on any atom is -0.479 e. The van der Waals surface area contributed by atoms with E-state index in [9.17, 15) is 18.4 Å². The van der Waals surface area contributed by atoms with Crippen molar-refractivity contribution in [3.63, 3.8) is 0 Å². The molecule has 0 radical (unpaired) electrons. The van der Waals surface area contributed by atoms with Crippen LogP contribution in [0.5, 0.6) is 5.88 Å². The summed E-state index contributed by atoms with van der Waals surface area (Å²) >= 11 is 0. The molecule has 0 saturated heterocycles. The fourth-order valence-electron chi connectivity index (χ4n) is 3.66. The average molecular weight is 475 g/mol. The molecule has 0 unspecified atom stereocenters. The Morgan fingerprint density at radius 2 is 1.94 bits per heavy atom. The molecule has 34 heavy (non-hydrogen) atoms. The van der Waals surface area contributed by atoms with Crippen molar-refractivity contribution in [2.24, 2.45) is 5.41 Å². The summed E-state index contributed by atoms with van der Waals surface area (Å²) in [6, 6.07) is 4.63. The maximum Gasteiger partial charge on any atom is 0.256 e. The van der Waals surface area contributed by atoms with Crippen molar-refractivity contribution in [3.8, 4) is 23.1 Å². The monoisotopic (exact) mass is 475 g/mol. The minimum absolute atomic E-state index is 0.00365. The summed E-state index contributed by atoms with van der Waals surface area (Å²) in [5.41, 5.74) is -0.507. The summed E-state index contributed by atoms with van der Waals surface area (Å²) in [6.07, 6.45) is -1.60. The fraction of sp³-hybridized carbons (Fsp3) is 0.364. The van der Waals surface area contributed by atoms with Crippen LogP contribution < -0.4 is 10.1 Å². The van der Waals surface area contributed by atoms with E-state index >= 15 is 4.39 Å². The predicted molar refractivity (Wildman–Crippen MR) is 117 cm³/mol. The van der Waals surface area contributed by atoms with Gasteiger partial charge in [-0.1, -0.05) is 0 Å². The Hall–Kier alpha value is -3.88. The van der Waals surface area contributed by atoms with Gasteiger partial charge in [-0.25, -0.2) is 27.1 Å². The fourth-order valence-corrected chi connectivity index (χ4v) is 3.66. The third kappa shape index (κ3) is 4.09. The number of aromatic nitrogens is 5. The first-order chi connectivity index (χ1) is 16.0. The summed E-state index contributed by atoms with van der Waals surface area (Å²) < 4.78 is 63.9. The highest BCUT2D eigenvalue weighted by atomic mass is 19.3. The van der Waals surface area contributed by atoms with Crippen LogP contribution in [0.15, 0.2) is 18.3 Å². The lowest BCUT2D eigenvalue weighted by atomic mass is 9.96. The number of methoxy groups -OCH3 is 1. The molecule has 0 bridgehead atoms. The second kappa shape index (κ2) is 8.48. The lowest BCUT2D eigenvalue weighted by Crippen LogP contribution is -2.22. The molecule has 0 spiro atoms. The molecule has 1 N–H and O–H groups in total. The molecule has 0 aliphatic rings. The summed E-state index contributed by atoms with van der Waals surface area (Å²) in [4.78, 5) is 8.29. The molecule has 3 aromatic heterocycles. The topological polar surface area (TPSA) is 93.1 Å². The summed E-state index contributed by atoms with van der Waals surface area (Å²) in [5, 5.41) is 16.3. The van der Waals surface area contributed by atoms with E-state index in [1.54, 1.807) is 13.8 Å². The third-order valence-electron chi connectivity index (χ3n) is 5.34. The van der Waals surface area contributed by atoms with Gasteiger partial charge in [0.25, 0.3) is 6.43 Å². The van der Waals surface area contributed by atoms with Crippen molar-refractivity contribution < 1.29 is 22.3 Å². The van der Waals surface area contributed by atoms with E-state index in [1.807, 2.05) is 0 Å². The van der Waals surface area contributed by atoms with Crippen molar-refractivity contribution >= 4 is 22.5 Å². The van der Waals surface area contributed by atoms with Crippen molar-refractivity contribution in [3.05, 3.63) is 35.8 Å². The van der Waals surface area contributed by atoms with Crippen molar-refractivity contribution in [1.29, 1.82) is 5.26 Å². The SMILES string of the molecule is COc1nc(NCC(C)(C)C#N)nn2cc(F)c(-c3cc(F)c4nc(C)n(CC(F)F)c4c3)c12. The van der Waals surface area contributed by atoms with E-state index in [-0.39, 0.29) is 51.9 Å². The smallest absolute Gasteiger partial charge is 0.256 e. The van der Waals surface area contributed by atoms with Crippen LogP contribution in [0.2, 0.25) is 0 Å². The second-order valence-electron chi connectivity index (χ2n) is 8.43. The number of imidazole rings is 1. The molecule has 0 aliphatic carbocycles. The highest BCUT2D eigenvalue weighted by Gasteiger charge is 2.24. The third-order valence-corrected chi connectivity index (χ3v) is 5.34. The van der Waals surface area contributed by atoms with Gasteiger partial charge < -0.3 is 14.6 Å². The lowest BCUT2D eigenvalue weighted by Gasteiger charge is -2.16. The van der Waals surface area contributed by atoms with Gasteiger partial charge in [0.2, 0.25) is 11.8 Å². The van der Waals surface area contributed by atoms with Gasteiger partial charge in [-0.2, -0.15) is 10.2 Å². The predicted octanol–water partition coefficient (Wildman–Crippen LogP) is 4.57. The number of hydrogen-bond donors (Lipinski definition) is 1. The standard InChI is InChI=1S/C22H21F4N7O/c1-11-29-18-13(23)5-12(6-15(18)32(11)8-16(25)26)17-14(24)7-33-19(17)20(34-4)30-21(31-33)28-10-22(2,3)9-27/h5-7,16H,8,10H2,1-4H3,(H,28,31). The van der Waals surface area contributed by atoms with Crippen LogP contribution in [0.1, 0.15) is 19.7 Å². The molecular formula is C22H21F4N7O. The number of nitrogens with one attached hydrogen (secondary N) is 1. The summed E-state index contributed by atoms with van der Waals surface area (Å²) in [7, 11) is 1.34. The number of halogens is 4. The molecule has 8 nitrogen and oxygen atoms in total. The molecule has 12 heteroatoms. The number of aryl methyl sites for hydroxylation is 1. The molecule has 4 aromatic rings. The molecule has 0 amide bonds. The van der Waals surface area contributed by atoms with Crippen molar-refractivity contribution in [2.75, 3.05) is 19.0 Å². The zero-order valence-electron chi connectivity index (χ0n) is 18.8. The molecular weight excluding hydrogens is 454 g/mol. The van der Waals surface area contributed by atoms with E-state index < -0.39 is 30.0 Å². The number of fused-ring (bicyclic) bond motifs is 2. The van der Waals surface area contributed by atoms with Gasteiger partial charge >= 0.3 is 0 Å². The Morgan fingerprint density at radius 3 is 2.59 bits per heavy atom. The Kier molecular flexibility index (Phi) is 5.80.